The van der Waals surface area contributed by atoms with E-state index in [4.69, 9.17) is 0 Å². The van der Waals surface area contributed by atoms with Crippen molar-refractivity contribution in [2.24, 2.45) is 0 Å². The molecule has 0 N–H and O–H groups in total. The summed E-state index contributed by atoms with van der Waals surface area (Å²) in [6.45, 7) is 0. The summed E-state index contributed by atoms with van der Waals surface area (Å²) in [4.78, 5) is 14.6. The van der Waals surface area contributed by atoms with E-state index in [1.807, 2.05) is 16.7 Å². The number of allylic oxidation sites excluding steroid dienone is 1. The molecule has 1 aliphatic carbocycles. The Morgan fingerprint density at radius 2 is 1.18 bits per heavy atom. The molecule has 0 aliphatic heterocycles. The molecule has 0 fully saturated rings. The average molecular weight is 576 g/mol. The van der Waals surface area contributed by atoms with Gasteiger partial charge in [-0.3, -0.25) is 9.36 Å². The van der Waals surface area contributed by atoms with E-state index in [9.17, 15) is 4.79 Å². The van der Waals surface area contributed by atoms with E-state index >= 15 is 0 Å². The molecule has 2 heteroatoms. The van der Waals surface area contributed by atoms with Crippen molar-refractivity contribution < 1.29 is 0 Å². The molecule has 0 unspecified atom stereocenters. The third-order valence-corrected chi connectivity index (χ3v) is 9.44. The van der Waals surface area contributed by atoms with Gasteiger partial charge in [-0.2, -0.15) is 0 Å². The number of pyridine rings is 1. The summed E-state index contributed by atoms with van der Waals surface area (Å²) in [5.41, 5.74) is 8.55. The van der Waals surface area contributed by atoms with Gasteiger partial charge in [-0.15, -0.1) is 0 Å². The van der Waals surface area contributed by atoms with Gasteiger partial charge in [0.15, 0.2) is 0 Å². The van der Waals surface area contributed by atoms with Gasteiger partial charge in [-0.05, 0) is 80.4 Å². The van der Waals surface area contributed by atoms with Crippen molar-refractivity contribution in [1.82, 2.24) is 4.57 Å². The summed E-state index contributed by atoms with van der Waals surface area (Å²) >= 11 is 0. The Morgan fingerprint density at radius 3 is 2.04 bits per heavy atom. The van der Waals surface area contributed by atoms with Gasteiger partial charge in [0.1, 0.15) is 0 Å². The lowest BCUT2D eigenvalue weighted by molar-refractivity contribution is 0.961. The fraction of sp³-hybridized carbons (Fsp3) is 0.0465. The summed E-state index contributed by atoms with van der Waals surface area (Å²) in [6, 6.07) is 49.6. The van der Waals surface area contributed by atoms with Crippen LogP contribution in [0, 0.1) is 0 Å². The molecule has 7 aromatic carbocycles. The van der Waals surface area contributed by atoms with Crippen LogP contribution in [-0.2, 0) is 6.42 Å². The lowest BCUT2D eigenvalue weighted by atomic mass is 9.88. The fourth-order valence-electron chi connectivity index (χ4n) is 7.38. The van der Waals surface area contributed by atoms with Gasteiger partial charge in [0, 0.05) is 21.7 Å². The van der Waals surface area contributed by atoms with Gasteiger partial charge < -0.3 is 0 Å². The predicted octanol–water partition coefficient (Wildman–Crippen LogP) is 10.7. The molecule has 0 spiro atoms. The van der Waals surface area contributed by atoms with Crippen LogP contribution < -0.4 is 5.56 Å². The van der Waals surface area contributed by atoms with Crippen molar-refractivity contribution in [2.75, 3.05) is 0 Å². The predicted molar refractivity (Wildman–Crippen MR) is 190 cm³/mol. The molecule has 0 saturated heterocycles. The highest BCUT2D eigenvalue weighted by atomic mass is 16.1. The monoisotopic (exact) mass is 575 g/mol. The second-order valence-electron chi connectivity index (χ2n) is 11.9. The Morgan fingerprint density at radius 1 is 0.511 bits per heavy atom. The lowest BCUT2D eigenvalue weighted by Gasteiger charge is -2.23. The van der Waals surface area contributed by atoms with E-state index in [-0.39, 0.29) is 5.56 Å². The van der Waals surface area contributed by atoms with Crippen LogP contribution in [0.3, 0.4) is 0 Å². The van der Waals surface area contributed by atoms with E-state index < -0.39 is 0 Å². The number of aryl methyl sites for hydroxylation is 1. The SMILES string of the molecule is O=c1c2c(c3ccccc3n1-c1c3ccccc3c(-c3ccccc3)c3cc(-c4ccc5ccccc5c4)ccc13)CCC=C2. The number of para-hydroxylation sites is 1. The van der Waals surface area contributed by atoms with Gasteiger partial charge in [0.25, 0.3) is 5.56 Å². The minimum atomic E-state index is 0.0390. The van der Waals surface area contributed by atoms with Crippen LogP contribution in [0.4, 0.5) is 0 Å². The Balaban J connectivity index is 1.45. The van der Waals surface area contributed by atoms with Crippen molar-refractivity contribution in [3.8, 4) is 27.9 Å². The molecule has 0 saturated carbocycles. The van der Waals surface area contributed by atoms with Crippen LogP contribution in [0.5, 0.6) is 0 Å². The number of fused-ring (bicyclic) bond motifs is 6. The van der Waals surface area contributed by atoms with E-state index in [1.165, 1.54) is 21.9 Å². The summed E-state index contributed by atoms with van der Waals surface area (Å²) < 4.78 is 1.99. The van der Waals surface area contributed by atoms with Crippen LogP contribution in [0.2, 0.25) is 0 Å². The molecular weight excluding hydrogens is 546 g/mol. The number of rotatable bonds is 3. The summed E-state index contributed by atoms with van der Waals surface area (Å²) in [5, 5.41) is 7.98. The quantitative estimate of drug-likeness (QED) is 0.192. The molecule has 2 nitrogen and oxygen atoms in total. The highest BCUT2D eigenvalue weighted by Crippen LogP contribution is 2.43. The Hall–Kier alpha value is -5.73. The number of hydrogen-bond donors (Lipinski definition) is 0. The maximum Gasteiger partial charge on any atom is 0.263 e. The molecular formula is C43H29NO. The number of benzene rings is 7. The van der Waals surface area contributed by atoms with Crippen LogP contribution in [-0.4, -0.2) is 4.57 Å². The van der Waals surface area contributed by atoms with Crippen molar-refractivity contribution >= 4 is 49.3 Å². The minimum absolute atomic E-state index is 0.0390. The van der Waals surface area contributed by atoms with Gasteiger partial charge in [0.05, 0.1) is 11.2 Å². The molecule has 1 heterocycles. The second-order valence-corrected chi connectivity index (χ2v) is 11.9. The van der Waals surface area contributed by atoms with Crippen molar-refractivity contribution in [3.63, 3.8) is 0 Å². The molecule has 212 valence electrons. The van der Waals surface area contributed by atoms with Crippen molar-refractivity contribution in [3.05, 3.63) is 167 Å². The standard InChI is InChI=1S/C43H29NO/c45-43-38-20-9-6-16-33(38)34-17-10-11-21-40(34)44(43)42-36-19-8-7-18-35(36)41(29-13-2-1-3-14-29)39-27-32(24-25-37(39)42)31-23-22-28-12-4-5-15-30(28)26-31/h1-5,7-15,17-27H,6,16H2. The van der Waals surface area contributed by atoms with Crippen LogP contribution >= 0.6 is 0 Å². The molecule has 8 aromatic rings. The summed E-state index contributed by atoms with van der Waals surface area (Å²) in [6.07, 6.45) is 6.00. The lowest BCUT2D eigenvalue weighted by Crippen LogP contribution is -2.24. The Labute approximate surface area is 261 Å². The smallest absolute Gasteiger partial charge is 0.263 e. The van der Waals surface area contributed by atoms with E-state index in [2.05, 4.69) is 140 Å². The molecule has 0 amide bonds. The first-order valence-electron chi connectivity index (χ1n) is 15.6. The first-order chi connectivity index (χ1) is 22.3. The molecule has 0 radical (unpaired) electrons. The highest BCUT2D eigenvalue weighted by Gasteiger charge is 2.23. The molecule has 0 atom stereocenters. The molecule has 1 aliphatic rings. The number of aromatic nitrogens is 1. The first kappa shape index (κ1) is 25.7. The first-order valence-corrected chi connectivity index (χ1v) is 15.6. The van der Waals surface area contributed by atoms with Crippen LogP contribution in [0.1, 0.15) is 17.5 Å². The Bertz CT molecular complexity index is 2550. The van der Waals surface area contributed by atoms with Crippen LogP contribution in [0.15, 0.2) is 150 Å². The summed E-state index contributed by atoms with van der Waals surface area (Å²) in [5.74, 6) is 0. The number of hydrogen-bond acceptors (Lipinski definition) is 1. The van der Waals surface area contributed by atoms with Gasteiger partial charge >= 0.3 is 0 Å². The zero-order chi connectivity index (χ0) is 29.9. The van der Waals surface area contributed by atoms with E-state index in [0.29, 0.717) is 0 Å². The third-order valence-electron chi connectivity index (χ3n) is 9.44. The molecule has 1 aromatic heterocycles. The van der Waals surface area contributed by atoms with E-state index in [1.54, 1.807) is 0 Å². The van der Waals surface area contributed by atoms with E-state index in [0.717, 1.165) is 73.2 Å². The third kappa shape index (κ3) is 3.99. The molecule has 9 rings (SSSR count). The van der Waals surface area contributed by atoms with Gasteiger partial charge in [0.2, 0.25) is 0 Å². The zero-order valence-electron chi connectivity index (χ0n) is 24.7. The molecule has 45 heavy (non-hydrogen) atoms. The van der Waals surface area contributed by atoms with Gasteiger partial charge in [-0.1, -0.05) is 133 Å². The maximum atomic E-state index is 14.6. The van der Waals surface area contributed by atoms with Gasteiger partial charge in [-0.25, -0.2) is 0 Å². The minimum Gasteiger partial charge on any atom is -0.275 e. The summed E-state index contributed by atoms with van der Waals surface area (Å²) in [7, 11) is 0. The maximum absolute atomic E-state index is 14.6. The normalized spacial score (nSPS) is 12.7. The van der Waals surface area contributed by atoms with Crippen molar-refractivity contribution in [1.29, 1.82) is 0 Å². The average Bonchev–Trinajstić information content (AvgIpc) is 3.11. The Kier molecular flexibility index (Phi) is 5.82. The van der Waals surface area contributed by atoms with Crippen molar-refractivity contribution in [2.45, 2.75) is 12.8 Å². The second kappa shape index (κ2) is 10.2. The fourth-order valence-corrected chi connectivity index (χ4v) is 7.38. The van der Waals surface area contributed by atoms with Crippen LogP contribution in [0.25, 0.3) is 77.2 Å². The highest BCUT2D eigenvalue weighted by molar-refractivity contribution is 6.19. The zero-order valence-corrected chi connectivity index (χ0v) is 24.7. The topological polar surface area (TPSA) is 22.0 Å². The largest absolute Gasteiger partial charge is 0.275 e. The molecule has 0 bridgehead atoms. The number of nitrogens with zero attached hydrogens (tertiary/aromatic N) is 1.